The van der Waals surface area contributed by atoms with Gasteiger partial charge in [0, 0.05) is 10.3 Å². The molecule has 13 heavy (non-hydrogen) atoms. The third-order valence-electron chi connectivity index (χ3n) is 2.78. The number of carbonyl (C=O) groups excluding carboxylic acids is 1. The summed E-state index contributed by atoms with van der Waals surface area (Å²) in [5, 5.41) is 0. The highest BCUT2D eigenvalue weighted by Crippen LogP contribution is 2.34. The summed E-state index contributed by atoms with van der Waals surface area (Å²) in [6.07, 6.45) is 1.93. The van der Waals surface area contributed by atoms with Crippen molar-refractivity contribution in [3.63, 3.8) is 0 Å². The van der Waals surface area contributed by atoms with Crippen molar-refractivity contribution in [2.75, 3.05) is 4.43 Å². The molecule has 0 aliphatic carbocycles. The molecule has 0 unspecified atom stereocenters. The van der Waals surface area contributed by atoms with E-state index in [-0.39, 0.29) is 23.9 Å². The molecule has 0 aromatic heterocycles. The summed E-state index contributed by atoms with van der Waals surface area (Å²) in [5.74, 6) is 0.492. The van der Waals surface area contributed by atoms with Crippen LogP contribution in [0.15, 0.2) is 12.7 Å². The first-order valence-electron chi connectivity index (χ1n) is 4.50. The molecule has 4 atom stereocenters. The van der Waals surface area contributed by atoms with Gasteiger partial charge in [-0.25, -0.2) is 0 Å². The van der Waals surface area contributed by atoms with Crippen LogP contribution in [0.3, 0.4) is 0 Å². The minimum absolute atomic E-state index is 0.0114. The van der Waals surface area contributed by atoms with Crippen LogP contribution in [0.5, 0.6) is 0 Å². The molecule has 0 radical (unpaired) electrons. The molecule has 0 bridgehead atoms. The molecule has 0 amide bonds. The zero-order valence-corrected chi connectivity index (χ0v) is 10.2. The molecule has 0 spiro atoms. The van der Waals surface area contributed by atoms with Crippen molar-refractivity contribution in [3.05, 3.63) is 12.7 Å². The summed E-state index contributed by atoms with van der Waals surface area (Å²) in [5.41, 5.74) is 0. The van der Waals surface area contributed by atoms with Crippen molar-refractivity contribution in [1.82, 2.24) is 0 Å². The highest BCUT2D eigenvalue weighted by Gasteiger charge is 2.42. The molecule has 1 fully saturated rings. The van der Waals surface area contributed by atoms with Gasteiger partial charge in [0.1, 0.15) is 6.10 Å². The minimum Gasteiger partial charge on any atom is -0.461 e. The van der Waals surface area contributed by atoms with Crippen LogP contribution in [-0.2, 0) is 9.53 Å². The van der Waals surface area contributed by atoms with Crippen LogP contribution in [0.2, 0.25) is 0 Å². The summed E-state index contributed by atoms with van der Waals surface area (Å²) >= 11 is 2.26. The smallest absolute Gasteiger partial charge is 0.310 e. The van der Waals surface area contributed by atoms with Gasteiger partial charge in [-0.2, -0.15) is 0 Å². The lowest BCUT2D eigenvalue weighted by Gasteiger charge is -2.17. The maximum atomic E-state index is 11.5. The Bertz CT molecular complexity index is 215. The Morgan fingerprint density at radius 1 is 1.77 bits per heavy atom. The van der Waals surface area contributed by atoms with Crippen molar-refractivity contribution in [3.8, 4) is 0 Å². The van der Waals surface area contributed by atoms with Gasteiger partial charge in [0.2, 0.25) is 0 Å². The molecule has 3 heteroatoms. The predicted molar refractivity (Wildman–Crippen MR) is 60.8 cm³/mol. The number of rotatable bonds is 3. The highest BCUT2D eigenvalue weighted by atomic mass is 127. The van der Waals surface area contributed by atoms with E-state index in [1.807, 2.05) is 13.0 Å². The Labute approximate surface area is 92.9 Å². The van der Waals surface area contributed by atoms with E-state index >= 15 is 0 Å². The molecule has 0 aromatic rings. The lowest BCUT2D eigenvalue weighted by atomic mass is 9.83. The normalized spacial score (nSPS) is 35.6. The van der Waals surface area contributed by atoms with Gasteiger partial charge < -0.3 is 4.74 Å². The van der Waals surface area contributed by atoms with Crippen molar-refractivity contribution in [2.24, 2.45) is 17.8 Å². The van der Waals surface area contributed by atoms with E-state index in [1.165, 1.54) is 0 Å². The number of esters is 1. The van der Waals surface area contributed by atoms with Crippen LogP contribution in [0.4, 0.5) is 0 Å². The third kappa shape index (κ3) is 2.06. The van der Waals surface area contributed by atoms with Gasteiger partial charge in [-0.05, 0) is 5.92 Å². The number of cyclic esters (lactones) is 1. The zero-order chi connectivity index (χ0) is 10.0. The third-order valence-corrected chi connectivity index (χ3v) is 3.65. The Balaban J connectivity index is 2.75. The standard InChI is InChI=1S/C10H15IO2/c1-4-6(2)9-7(3)8(5-11)13-10(9)12/h4,6-9H,1,5H2,2-3H3/t6-,7-,8+,9+/m1/s1. The van der Waals surface area contributed by atoms with Gasteiger partial charge in [-0.15, -0.1) is 6.58 Å². The zero-order valence-electron chi connectivity index (χ0n) is 8.00. The second-order valence-electron chi connectivity index (χ2n) is 3.61. The van der Waals surface area contributed by atoms with Crippen LogP contribution in [0.1, 0.15) is 13.8 Å². The van der Waals surface area contributed by atoms with Crippen LogP contribution >= 0.6 is 22.6 Å². The van der Waals surface area contributed by atoms with Crippen LogP contribution in [-0.4, -0.2) is 16.5 Å². The number of hydrogen-bond donors (Lipinski definition) is 0. The van der Waals surface area contributed by atoms with Crippen LogP contribution in [0, 0.1) is 17.8 Å². The molecule has 2 nitrogen and oxygen atoms in total. The molecule has 1 rings (SSSR count). The lowest BCUT2D eigenvalue weighted by Crippen LogP contribution is -2.23. The largest absolute Gasteiger partial charge is 0.461 e. The monoisotopic (exact) mass is 294 g/mol. The number of allylic oxidation sites excluding steroid dienone is 1. The first-order chi connectivity index (χ1) is 6.11. The van der Waals surface area contributed by atoms with Crippen molar-refractivity contribution < 1.29 is 9.53 Å². The van der Waals surface area contributed by atoms with Gasteiger partial charge in [-0.3, -0.25) is 4.79 Å². The first-order valence-corrected chi connectivity index (χ1v) is 6.03. The molecular formula is C10H15IO2. The molecule has 1 saturated heterocycles. The minimum atomic E-state index is -0.0541. The Morgan fingerprint density at radius 3 is 2.77 bits per heavy atom. The average Bonchev–Trinajstić information content (AvgIpc) is 2.40. The van der Waals surface area contributed by atoms with E-state index < -0.39 is 0 Å². The fourth-order valence-corrected chi connectivity index (χ4v) is 2.78. The van der Waals surface area contributed by atoms with E-state index in [0.29, 0.717) is 5.92 Å². The van der Waals surface area contributed by atoms with E-state index in [9.17, 15) is 4.79 Å². The highest BCUT2D eigenvalue weighted by molar-refractivity contribution is 14.1. The summed E-state index contributed by atoms with van der Waals surface area (Å²) in [7, 11) is 0. The number of hydrogen-bond acceptors (Lipinski definition) is 2. The van der Waals surface area contributed by atoms with Gasteiger partial charge in [0.15, 0.2) is 0 Å². The maximum Gasteiger partial charge on any atom is 0.310 e. The predicted octanol–water partition coefficient (Wildman–Crippen LogP) is 2.42. The number of carbonyl (C=O) groups is 1. The summed E-state index contributed by atoms with van der Waals surface area (Å²) < 4.78 is 6.14. The molecule has 1 aliphatic rings. The topological polar surface area (TPSA) is 26.3 Å². The molecular weight excluding hydrogens is 279 g/mol. The van der Waals surface area contributed by atoms with E-state index in [4.69, 9.17) is 4.74 Å². The number of halogens is 1. The second-order valence-corrected chi connectivity index (χ2v) is 4.49. The lowest BCUT2D eigenvalue weighted by molar-refractivity contribution is -0.144. The van der Waals surface area contributed by atoms with Crippen molar-refractivity contribution >= 4 is 28.6 Å². The van der Waals surface area contributed by atoms with Gasteiger partial charge in [0.05, 0.1) is 5.92 Å². The number of alkyl halides is 1. The maximum absolute atomic E-state index is 11.5. The van der Waals surface area contributed by atoms with Crippen LogP contribution in [0.25, 0.3) is 0 Å². The first kappa shape index (κ1) is 11.0. The van der Waals surface area contributed by atoms with Gasteiger partial charge in [-0.1, -0.05) is 42.5 Å². The van der Waals surface area contributed by atoms with Gasteiger partial charge in [0.25, 0.3) is 0 Å². The van der Waals surface area contributed by atoms with Crippen molar-refractivity contribution in [1.29, 1.82) is 0 Å². The average molecular weight is 294 g/mol. The second kappa shape index (κ2) is 4.44. The Morgan fingerprint density at radius 2 is 2.38 bits per heavy atom. The molecule has 1 heterocycles. The summed E-state index contributed by atoms with van der Waals surface area (Å²) in [4.78, 5) is 11.5. The molecule has 74 valence electrons. The van der Waals surface area contributed by atoms with Crippen molar-refractivity contribution in [2.45, 2.75) is 20.0 Å². The summed E-state index contributed by atoms with van der Waals surface area (Å²) in [6, 6.07) is 0. The quantitative estimate of drug-likeness (QED) is 0.346. The van der Waals surface area contributed by atoms with E-state index in [1.54, 1.807) is 0 Å². The molecule has 0 N–H and O–H groups in total. The van der Waals surface area contributed by atoms with E-state index in [2.05, 4.69) is 36.1 Å². The fraction of sp³-hybridized carbons (Fsp3) is 0.700. The SMILES string of the molecule is C=C[C@@H](C)[C@@H]1C(=O)O[C@@H](CI)[C@H]1C. The molecule has 0 saturated carbocycles. The molecule has 1 aliphatic heterocycles. The Hall–Kier alpha value is -0.0600. The van der Waals surface area contributed by atoms with Crippen LogP contribution < -0.4 is 0 Å². The van der Waals surface area contributed by atoms with E-state index in [0.717, 1.165) is 4.43 Å². The fourth-order valence-electron chi connectivity index (χ4n) is 1.79. The molecule has 0 aromatic carbocycles. The number of ether oxygens (including phenoxy) is 1. The Kier molecular flexibility index (Phi) is 3.76. The summed E-state index contributed by atoms with van der Waals surface area (Å²) in [6.45, 7) is 7.82. The van der Waals surface area contributed by atoms with Gasteiger partial charge >= 0.3 is 5.97 Å².